The lowest BCUT2D eigenvalue weighted by Gasteiger charge is -2.19. The molecule has 0 bridgehead atoms. The first-order chi connectivity index (χ1) is 8.35. The molecule has 4 nitrogen and oxygen atoms in total. The van der Waals surface area contributed by atoms with Crippen LogP contribution < -0.4 is 5.32 Å². The molecule has 0 unspecified atom stereocenters. The van der Waals surface area contributed by atoms with Crippen LogP contribution in [0.15, 0.2) is 0 Å². The van der Waals surface area contributed by atoms with E-state index in [0.29, 0.717) is 13.2 Å². The molecule has 0 saturated carbocycles. The first-order valence-electron chi connectivity index (χ1n) is 6.84. The van der Waals surface area contributed by atoms with Crippen LogP contribution in [0, 0.1) is 0 Å². The predicted molar refractivity (Wildman–Crippen MR) is 72.6 cm³/mol. The first-order valence-corrected chi connectivity index (χ1v) is 6.84. The van der Waals surface area contributed by atoms with Crippen LogP contribution in [0.4, 0.5) is 0 Å². The van der Waals surface area contributed by atoms with Crippen LogP contribution >= 0.6 is 0 Å². The Labute approximate surface area is 107 Å². The summed E-state index contributed by atoms with van der Waals surface area (Å²) in [5, 5.41) is 3.45. The Hall–Kier alpha value is -0.160. The first kappa shape index (κ1) is 16.8. The zero-order chi connectivity index (χ0) is 12.8. The molecular weight excluding hydrogens is 216 g/mol. The standard InChI is InChI=1S/C13H30N2O2/c1-4-9-15(5-2)10-8-14-7-6-11-17-13-12-16-3/h14H,4-13H2,1-3H3. The van der Waals surface area contributed by atoms with Crippen LogP contribution in [0.3, 0.4) is 0 Å². The summed E-state index contributed by atoms with van der Waals surface area (Å²) in [6.07, 6.45) is 2.31. The highest BCUT2D eigenvalue weighted by molar-refractivity contribution is 4.57. The summed E-state index contributed by atoms with van der Waals surface area (Å²) in [4.78, 5) is 2.47. The zero-order valence-electron chi connectivity index (χ0n) is 11.8. The second kappa shape index (κ2) is 13.9. The van der Waals surface area contributed by atoms with E-state index in [0.717, 1.165) is 39.2 Å². The maximum atomic E-state index is 5.39. The highest BCUT2D eigenvalue weighted by Gasteiger charge is 1.99. The van der Waals surface area contributed by atoms with Gasteiger partial charge in [0.15, 0.2) is 0 Å². The van der Waals surface area contributed by atoms with Gasteiger partial charge in [-0.1, -0.05) is 13.8 Å². The van der Waals surface area contributed by atoms with E-state index in [1.54, 1.807) is 7.11 Å². The maximum absolute atomic E-state index is 5.39. The number of likely N-dealkylation sites (N-methyl/N-ethyl adjacent to an activating group) is 1. The third-order valence-corrected chi connectivity index (χ3v) is 2.67. The Bertz CT molecular complexity index is 145. The molecule has 0 radical (unpaired) electrons. The largest absolute Gasteiger partial charge is 0.382 e. The van der Waals surface area contributed by atoms with Crippen LogP contribution in [0.1, 0.15) is 26.7 Å². The van der Waals surface area contributed by atoms with E-state index in [9.17, 15) is 0 Å². The molecule has 4 heteroatoms. The zero-order valence-corrected chi connectivity index (χ0v) is 11.8. The molecule has 0 rings (SSSR count). The molecule has 0 aromatic heterocycles. The molecule has 0 spiro atoms. The lowest BCUT2D eigenvalue weighted by Crippen LogP contribution is -2.33. The molecular formula is C13H30N2O2. The lowest BCUT2D eigenvalue weighted by atomic mass is 10.4. The van der Waals surface area contributed by atoms with Gasteiger partial charge < -0.3 is 19.7 Å². The monoisotopic (exact) mass is 246 g/mol. The number of nitrogens with zero attached hydrogens (tertiary/aromatic N) is 1. The fraction of sp³-hybridized carbons (Fsp3) is 1.00. The predicted octanol–water partition coefficient (Wildman–Crippen LogP) is 1.36. The van der Waals surface area contributed by atoms with Crippen molar-refractivity contribution in [1.29, 1.82) is 0 Å². The fourth-order valence-corrected chi connectivity index (χ4v) is 1.65. The molecule has 1 N–H and O–H groups in total. The van der Waals surface area contributed by atoms with Crippen LogP contribution in [0.25, 0.3) is 0 Å². The SMILES string of the molecule is CCCN(CC)CCNCCCOCCOC. The van der Waals surface area contributed by atoms with Crippen LogP contribution in [0.2, 0.25) is 0 Å². The number of ether oxygens (including phenoxy) is 2. The highest BCUT2D eigenvalue weighted by Crippen LogP contribution is 1.89. The molecule has 0 fully saturated rings. The molecule has 0 aliphatic rings. The molecule has 104 valence electrons. The Morgan fingerprint density at radius 1 is 1.00 bits per heavy atom. The highest BCUT2D eigenvalue weighted by atomic mass is 16.5. The summed E-state index contributed by atoms with van der Waals surface area (Å²) in [7, 11) is 1.70. The van der Waals surface area contributed by atoms with Gasteiger partial charge in [-0.15, -0.1) is 0 Å². The van der Waals surface area contributed by atoms with Gasteiger partial charge in [-0.25, -0.2) is 0 Å². The average molecular weight is 246 g/mol. The van der Waals surface area contributed by atoms with Crippen LogP contribution in [-0.2, 0) is 9.47 Å². The third kappa shape index (κ3) is 12.1. The quantitative estimate of drug-likeness (QED) is 0.498. The Morgan fingerprint density at radius 3 is 2.47 bits per heavy atom. The summed E-state index contributed by atoms with van der Waals surface area (Å²) < 4.78 is 10.3. The van der Waals surface area contributed by atoms with Crippen LogP contribution in [0.5, 0.6) is 0 Å². The minimum atomic E-state index is 0.690. The van der Waals surface area contributed by atoms with E-state index in [4.69, 9.17) is 9.47 Å². The molecule has 0 amide bonds. The second-order valence-corrected chi connectivity index (χ2v) is 4.14. The van der Waals surface area contributed by atoms with E-state index in [-0.39, 0.29) is 0 Å². The Kier molecular flexibility index (Phi) is 13.8. The minimum Gasteiger partial charge on any atom is -0.382 e. The van der Waals surface area contributed by atoms with Crippen molar-refractivity contribution in [2.75, 3.05) is 59.7 Å². The summed E-state index contributed by atoms with van der Waals surface area (Å²) >= 11 is 0. The van der Waals surface area contributed by atoms with Gasteiger partial charge in [0.25, 0.3) is 0 Å². The summed E-state index contributed by atoms with van der Waals surface area (Å²) in [6.45, 7) is 12.3. The number of methoxy groups -OCH3 is 1. The van der Waals surface area contributed by atoms with E-state index < -0.39 is 0 Å². The minimum absolute atomic E-state index is 0.690. The van der Waals surface area contributed by atoms with Gasteiger partial charge in [0.05, 0.1) is 13.2 Å². The van der Waals surface area contributed by atoms with E-state index in [2.05, 4.69) is 24.1 Å². The number of rotatable bonds is 13. The Balaban J connectivity index is 3.11. The van der Waals surface area contributed by atoms with Gasteiger partial charge >= 0.3 is 0 Å². The van der Waals surface area contributed by atoms with E-state index >= 15 is 0 Å². The van der Waals surface area contributed by atoms with Gasteiger partial charge in [-0.05, 0) is 32.5 Å². The topological polar surface area (TPSA) is 33.7 Å². The molecule has 0 aromatic rings. The molecule has 0 aromatic carbocycles. The normalized spacial score (nSPS) is 11.3. The molecule has 17 heavy (non-hydrogen) atoms. The second-order valence-electron chi connectivity index (χ2n) is 4.14. The van der Waals surface area contributed by atoms with Crippen molar-refractivity contribution >= 4 is 0 Å². The molecule has 0 heterocycles. The molecule has 0 aliphatic heterocycles. The lowest BCUT2D eigenvalue weighted by molar-refractivity contribution is 0.0694. The van der Waals surface area contributed by atoms with E-state index in [1.165, 1.54) is 13.0 Å². The van der Waals surface area contributed by atoms with Gasteiger partial charge in [0.2, 0.25) is 0 Å². The summed E-state index contributed by atoms with van der Waals surface area (Å²) in [5.74, 6) is 0. The Morgan fingerprint density at radius 2 is 1.82 bits per heavy atom. The van der Waals surface area contributed by atoms with Crippen molar-refractivity contribution in [2.45, 2.75) is 26.7 Å². The smallest absolute Gasteiger partial charge is 0.0700 e. The third-order valence-electron chi connectivity index (χ3n) is 2.67. The van der Waals surface area contributed by atoms with Crippen molar-refractivity contribution in [1.82, 2.24) is 10.2 Å². The van der Waals surface area contributed by atoms with Crippen molar-refractivity contribution in [2.24, 2.45) is 0 Å². The maximum Gasteiger partial charge on any atom is 0.0700 e. The average Bonchev–Trinajstić information content (AvgIpc) is 2.35. The van der Waals surface area contributed by atoms with Crippen LogP contribution in [-0.4, -0.2) is 64.6 Å². The molecule has 0 aliphatic carbocycles. The van der Waals surface area contributed by atoms with Gasteiger partial charge in [-0.2, -0.15) is 0 Å². The summed E-state index contributed by atoms with van der Waals surface area (Å²) in [6, 6.07) is 0. The van der Waals surface area contributed by atoms with Gasteiger partial charge in [-0.3, -0.25) is 0 Å². The number of hydrogen-bond donors (Lipinski definition) is 1. The van der Waals surface area contributed by atoms with Gasteiger partial charge in [0.1, 0.15) is 0 Å². The van der Waals surface area contributed by atoms with Crippen molar-refractivity contribution in [3.63, 3.8) is 0 Å². The van der Waals surface area contributed by atoms with Crippen molar-refractivity contribution < 1.29 is 9.47 Å². The number of nitrogens with one attached hydrogen (secondary N) is 1. The van der Waals surface area contributed by atoms with Crippen molar-refractivity contribution in [3.05, 3.63) is 0 Å². The summed E-state index contributed by atoms with van der Waals surface area (Å²) in [5.41, 5.74) is 0. The molecule has 0 saturated heterocycles. The molecule has 0 atom stereocenters. The fourth-order valence-electron chi connectivity index (χ4n) is 1.65. The number of hydrogen-bond acceptors (Lipinski definition) is 4. The van der Waals surface area contributed by atoms with E-state index in [1.807, 2.05) is 0 Å². The van der Waals surface area contributed by atoms with Gasteiger partial charge in [0, 0.05) is 26.8 Å². The van der Waals surface area contributed by atoms with Crippen molar-refractivity contribution in [3.8, 4) is 0 Å².